The summed E-state index contributed by atoms with van der Waals surface area (Å²) >= 11 is 11.6. The van der Waals surface area contributed by atoms with Gasteiger partial charge in [-0.1, -0.05) is 23.2 Å². The molecule has 118 valence electrons. The Morgan fingerprint density at radius 2 is 1.76 bits per heavy atom. The second kappa shape index (κ2) is 7.76. The predicted molar refractivity (Wildman–Crippen MR) is 83.5 cm³/mol. The number of sulfonamides is 1. The van der Waals surface area contributed by atoms with Crippen molar-refractivity contribution in [1.29, 1.82) is 0 Å². The average Bonchev–Trinajstić information content (AvgIpc) is 2.44. The van der Waals surface area contributed by atoms with Gasteiger partial charge in [-0.25, -0.2) is 13.1 Å². The molecule has 2 rings (SSSR count). The Kier molecular flexibility index (Phi) is 6.28. The fraction of sp³-hybridized carbons (Fsp3) is 0.538. The van der Waals surface area contributed by atoms with Gasteiger partial charge in [0.1, 0.15) is 0 Å². The first kappa shape index (κ1) is 17.0. The van der Waals surface area contributed by atoms with E-state index in [0.29, 0.717) is 16.6 Å². The molecule has 1 N–H and O–H groups in total. The van der Waals surface area contributed by atoms with Crippen molar-refractivity contribution in [3.63, 3.8) is 0 Å². The molecule has 0 radical (unpaired) electrons. The lowest BCUT2D eigenvalue weighted by molar-refractivity contribution is 0.0376. The first-order chi connectivity index (χ1) is 9.97. The normalized spacial score (nSPS) is 17.0. The number of morpholine rings is 1. The van der Waals surface area contributed by atoms with Gasteiger partial charge >= 0.3 is 0 Å². The van der Waals surface area contributed by atoms with Crippen LogP contribution in [0.15, 0.2) is 23.1 Å². The van der Waals surface area contributed by atoms with Crippen LogP contribution in [-0.2, 0) is 14.8 Å². The molecule has 0 unspecified atom stereocenters. The molecule has 0 spiro atoms. The highest BCUT2D eigenvalue weighted by Gasteiger charge is 2.15. The van der Waals surface area contributed by atoms with Gasteiger partial charge in [0.2, 0.25) is 10.0 Å². The van der Waals surface area contributed by atoms with Crippen LogP contribution in [0.2, 0.25) is 10.0 Å². The van der Waals surface area contributed by atoms with Crippen molar-refractivity contribution < 1.29 is 13.2 Å². The van der Waals surface area contributed by atoms with Gasteiger partial charge in [-0.2, -0.15) is 0 Å². The molecule has 8 heteroatoms. The van der Waals surface area contributed by atoms with Crippen molar-refractivity contribution in [3.8, 4) is 0 Å². The van der Waals surface area contributed by atoms with Crippen LogP contribution in [0.5, 0.6) is 0 Å². The Labute approximate surface area is 135 Å². The van der Waals surface area contributed by atoms with Crippen LogP contribution in [0, 0.1) is 0 Å². The van der Waals surface area contributed by atoms with E-state index in [4.69, 9.17) is 27.9 Å². The number of hydrogen-bond donors (Lipinski definition) is 1. The molecule has 0 bridgehead atoms. The molecule has 0 amide bonds. The lowest BCUT2D eigenvalue weighted by Crippen LogP contribution is -2.38. The topological polar surface area (TPSA) is 58.6 Å². The van der Waals surface area contributed by atoms with Gasteiger partial charge in [-0.05, 0) is 31.2 Å². The zero-order valence-electron chi connectivity index (χ0n) is 11.5. The highest BCUT2D eigenvalue weighted by atomic mass is 35.5. The molecule has 1 aromatic carbocycles. The molecular weight excluding hydrogens is 335 g/mol. The summed E-state index contributed by atoms with van der Waals surface area (Å²) in [6, 6.07) is 4.27. The van der Waals surface area contributed by atoms with E-state index in [1.807, 2.05) is 0 Å². The molecule has 1 saturated heterocycles. The summed E-state index contributed by atoms with van der Waals surface area (Å²) in [6.45, 7) is 4.51. The Hall–Kier alpha value is -0.370. The van der Waals surface area contributed by atoms with Crippen LogP contribution in [0.1, 0.15) is 6.42 Å². The minimum atomic E-state index is -3.57. The summed E-state index contributed by atoms with van der Waals surface area (Å²) in [5.74, 6) is 0. The third kappa shape index (κ3) is 5.39. The zero-order valence-corrected chi connectivity index (χ0v) is 13.8. The fourth-order valence-corrected chi connectivity index (χ4v) is 3.90. The first-order valence-electron chi connectivity index (χ1n) is 6.73. The molecule has 1 aromatic rings. The Bertz CT molecular complexity index is 555. The van der Waals surface area contributed by atoms with E-state index in [2.05, 4.69) is 9.62 Å². The van der Waals surface area contributed by atoms with Gasteiger partial charge in [0.05, 0.1) is 18.1 Å². The van der Waals surface area contributed by atoms with E-state index in [0.717, 1.165) is 39.3 Å². The SMILES string of the molecule is O=S(=O)(NCCCN1CCOCC1)c1cc(Cl)cc(Cl)c1. The number of ether oxygens (including phenoxy) is 1. The first-order valence-corrected chi connectivity index (χ1v) is 8.97. The average molecular weight is 353 g/mol. The maximum Gasteiger partial charge on any atom is 0.240 e. The van der Waals surface area contributed by atoms with Crippen LogP contribution in [-0.4, -0.2) is 52.7 Å². The largest absolute Gasteiger partial charge is 0.379 e. The van der Waals surface area contributed by atoms with Gasteiger partial charge in [-0.3, -0.25) is 4.90 Å². The number of benzene rings is 1. The van der Waals surface area contributed by atoms with E-state index in [1.54, 1.807) is 0 Å². The van der Waals surface area contributed by atoms with Crippen molar-refractivity contribution in [1.82, 2.24) is 9.62 Å². The molecule has 0 saturated carbocycles. The summed E-state index contributed by atoms with van der Waals surface area (Å²) < 4.78 is 32.1. The molecule has 0 aliphatic carbocycles. The number of nitrogens with zero attached hydrogens (tertiary/aromatic N) is 1. The summed E-state index contributed by atoms with van der Waals surface area (Å²) in [5.41, 5.74) is 0. The van der Waals surface area contributed by atoms with Crippen molar-refractivity contribution in [3.05, 3.63) is 28.2 Å². The van der Waals surface area contributed by atoms with Crippen LogP contribution >= 0.6 is 23.2 Å². The Balaban J connectivity index is 1.83. The highest BCUT2D eigenvalue weighted by Crippen LogP contribution is 2.22. The van der Waals surface area contributed by atoms with Crippen molar-refractivity contribution in [2.75, 3.05) is 39.4 Å². The summed E-state index contributed by atoms with van der Waals surface area (Å²) in [5, 5.41) is 0.604. The van der Waals surface area contributed by atoms with Crippen LogP contribution < -0.4 is 4.72 Å². The second-order valence-corrected chi connectivity index (χ2v) is 7.45. The second-order valence-electron chi connectivity index (χ2n) is 4.81. The monoisotopic (exact) mass is 352 g/mol. The molecule has 1 aliphatic heterocycles. The minimum absolute atomic E-state index is 0.0892. The van der Waals surface area contributed by atoms with E-state index >= 15 is 0 Å². The Morgan fingerprint density at radius 1 is 1.14 bits per heavy atom. The molecule has 0 aromatic heterocycles. The van der Waals surface area contributed by atoms with Gasteiger partial charge in [0, 0.05) is 29.7 Å². The van der Waals surface area contributed by atoms with Crippen LogP contribution in [0.4, 0.5) is 0 Å². The standard InChI is InChI=1S/C13H18Cl2N2O3S/c14-11-8-12(15)10-13(9-11)21(18,19)16-2-1-3-17-4-6-20-7-5-17/h8-10,16H,1-7H2. The fourth-order valence-electron chi connectivity index (χ4n) is 2.10. The van der Waals surface area contributed by atoms with Gasteiger partial charge in [0.15, 0.2) is 0 Å². The maximum atomic E-state index is 12.1. The predicted octanol–water partition coefficient (Wildman–Crippen LogP) is 1.99. The molecule has 1 fully saturated rings. The number of nitrogens with one attached hydrogen (secondary N) is 1. The van der Waals surface area contributed by atoms with Crippen molar-refractivity contribution in [2.45, 2.75) is 11.3 Å². The molecule has 1 heterocycles. The van der Waals surface area contributed by atoms with Crippen LogP contribution in [0.3, 0.4) is 0 Å². The molecular formula is C13H18Cl2N2O3S. The van der Waals surface area contributed by atoms with E-state index < -0.39 is 10.0 Å². The molecule has 5 nitrogen and oxygen atoms in total. The van der Waals surface area contributed by atoms with E-state index in [1.165, 1.54) is 18.2 Å². The maximum absolute atomic E-state index is 12.1. The van der Waals surface area contributed by atoms with Crippen molar-refractivity contribution >= 4 is 33.2 Å². The molecule has 1 aliphatic rings. The van der Waals surface area contributed by atoms with Gasteiger partial charge in [0.25, 0.3) is 0 Å². The highest BCUT2D eigenvalue weighted by molar-refractivity contribution is 7.89. The summed E-state index contributed by atoms with van der Waals surface area (Å²) in [7, 11) is -3.57. The third-order valence-electron chi connectivity index (χ3n) is 3.19. The quantitative estimate of drug-likeness (QED) is 0.795. The van der Waals surface area contributed by atoms with Crippen molar-refractivity contribution in [2.24, 2.45) is 0 Å². The lowest BCUT2D eigenvalue weighted by atomic mass is 10.3. The number of hydrogen-bond acceptors (Lipinski definition) is 4. The summed E-state index contributed by atoms with van der Waals surface area (Å²) in [4.78, 5) is 2.35. The van der Waals surface area contributed by atoms with Gasteiger partial charge in [-0.15, -0.1) is 0 Å². The van der Waals surface area contributed by atoms with Gasteiger partial charge < -0.3 is 4.74 Å². The summed E-state index contributed by atoms with van der Waals surface area (Å²) in [6.07, 6.45) is 0.744. The minimum Gasteiger partial charge on any atom is -0.379 e. The number of halogens is 2. The van der Waals surface area contributed by atoms with Crippen LogP contribution in [0.25, 0.3) is 0 Å². The van der Waals surface area contributed by atoms with E-state index in [9.17, 15) is 8.42 Å². The molecule has 21 heavy (non-hydrogen) atoms. The lowest BCUT2D eigenvalue weighted by Gasteiger charge is -2.26. The zero-order chi connectivity index (χ0) is 15.3. The molecule has 0 atom stereocenters. The third-order valence-corrected chi connectivity index (χ3v) is 5.07. The smallest absolute Gasteiger partial charge is 0.240 e. The van der Waals surface area contributed by atoms with E-state index in [-0.39, 0.29) is 4.90 Å². The number of rotatable bonds is 6. The Morgan fingerprint density at radius 3 is 2.38 bits per heavy atom.